The third-order valence-corrected chi connectivity index (χ3v) is 3.24. The van der Waals surface area contributed by atoms with Crippen LogP contribution in [0.2, 0.25) is 0 Å². The molecule has 0 aromatic heterocycles. The summed E-state index contributed by atoms with van der Waals surface area (Å²) in [5.74, 6) is -2.21. The molecule has 0 amide bonds. The zero-order chi connectivity index (χ0) is 14.7. The van der Waals surface area contributed by atoms with Crippen molar-refractivity contribution < 1.29 is 13.6 Å². The smallest absolute Gasteiger partial charge is 0.198 e. The number of hydrogen-bond acceptors (Lipinski definition) is 1. The number of ketones is 1. The van der Waals surface area contributed by atoms with Crippen LogP contribution in [0.15, 0.2) is 36.4 Å². The summed E-state index contributed by atoms with van der Waals surface area (Å²) >= 11 is 0. The van der Waals surface area contributed by atoms with Crippen LogP contribution < -0.4 is 0 Å². The number of carbonyl (C=O) groups excluding carboxylic acids is 1. The number of halogens is 2. The Bertz CT molecular complexity index is 647. The van der Waals surface area contributed by atoms with E-state index in [1.165, 1.54) is 13.0 Å². The van der Waals surface area contributed by atoms with E-state index in [9.17, 15) is 13.6 Å². The zero-order valence-corrected chi connectivity index (χ0v) is 11.5. The minimum absolute atomic E-state index is 0.263. The molecule has 1 nitrogen and oxygen atoms in total. The largest absolute Gasteiger partial charge is 0.288 e. The first kappa shape index (κ1) is 14.4. The Morgan fingerprint density at radius 1 is 1.15 bits per heavy atom. The molecule has 0 saturated heterocycles. The monoisotopic (exact) mass is 274 g/mol. The number of rotatable bonds is 4. The molecule has 3 heteroatoms. The molecule has 20 heavy (non-hydrogen) atoms. The lowest BCUT2D eigenvalue weighted by atomic mass is 9.98. The van der Waals surface area contributed by atoms with E-state index in [0.717, 1.165) is 24.5 Å². The molecule has 2 aromatic carbocycles. The predicted octanol–water partition coefficient (Wildman–Crippen LogP) is 4.46. The Kier molecular flexibility index (Phi) is 4.28. The molecule has 0 saturated carbocycles. The third-order valence-electron chi connectivity index (χ3n) is 3.24. The van der Waals surface area contributed by atoms with Gasteiger partial charge in [0.25, 0.3) is 0 Å². The third kappa shape index (κ3) is 2.77. The first-order valence-corrected chi connectivity index (χ1v) is 6.62. The van der Waals surface area contributed by atoms with Gasteiger partial charge in [-0.15, -0.1) is 0 Å². The first-order valence-electron chi connectivity index (χ1n) is 6.62. The van der Waals surface area contributed by atoms with Gasteiger partial charge in [-0.2, -0.15) is 0 Å². The second kappa shape index (κ2) is 5.95. The second-order valence-corrected chi connectivity index (χ2v) is 4.83. The van der Waals surface area contributed by atoms with Gasteiger partial charge in [0.05, 0.1) is 5.56 Å². The van der Waals surface area contributed by atoms with E-state index < -0.39 is 23.0 Å². The predicted molar refractivity (Wildman–Crippen MR) is 75.0 cm³/mol. The van der Waals surface area contributed by atoms with Gasteiger partial charge in [-0.25, -0.2) is 8.78 Å². The van der Waals surface area contributed by atoms with Crippen LogP contribution in [0.4, 0.5) is 8.78 Å². The van der Waals surface area contributed by atoms with Gasteiger partial charge in [-0.05, 0) is 36.6 Å². The molecule has 0 radical (unpaired) electrons. The van der Waals surface area contributed by atoms with Crippen molar-refractivity contribution in [2.75, 3.05) is 0 Å². The summed E-state index contributed by atoms with van der Waals surface area (Å²) in [6.07, 6.45) is 1.78. The Balaban J connectivity index is 2.46. The highest BCUT2D eigenvalue weighted by Gasteiger charge is 2.20. The number of benzene rings is 2. The van der Waals surface area contributed by atoms with E-state index in [4.69, 9.17) is 0 Å². The van der Waals surface area contributed by atoms with Crippen LogP contribution in [0.25, 0.3) is 0 Å². The summed E-state index contributed by atoms with van der Waals surface area (Å²) in [4.78, 5) is 12.3. The lowest BCUT2D eigenvalue weighted by Gasteiger charge is -2.08. The molecular formula is C17H16F2O. The Labute approximate surface area is 117 Å². The maximum absolute atomic E-state index is 14.0. The van der Waals surface area contributed by atoms with E-state index in [1.54, 1.807) is 18.2 Å². The standard InChI is InChI=1S/C17H16F2O/c1-3-5-12-6-4-7-13(10-12)17(20)15-14(18)9-8-11(2)16(15)19/h4,6-10H,3,5H2,1-2H3. The molecule has 2 rings (SSSR count). The van der Waals surface area contributed by atoms with Gasteiger partial charge in [0.15, 0.2) is 5.78 Å². The van der Waals surface area contributed by atoms with Gasteiger partial charge in [-0.3, -0.25) is 4.79 Å². The van der Waals surface area contributed by atoms with Crippen molar-refractivity contribution in [2.45, 2.75) is 26.7 Å². The lowest BCUT2D eigenvalue weighted by Crippen LogP contribution is -2.09. The molecule has 0 spiro atoms. The fourth-order valence-electron chi connectivity index (χ4n) is 2.17. The normalized spacial score (nSPS) is 10.6. The highest BCUT2D eigenvalue weighted by molar-refractivity contribution is 6.09. The average Bonchev–Trinajstić information content (AvgIpc) is 2.44. The molecule has 0 bridgehead atoms. The van der Waals surface area contributed by atoms with Crippen molar-refractivity contribution in [3.8, 4) is 0 Å². The van der Waals surface area contributed by atoms with Crippen LogP contribution in [0.5, 0.6) is 0 Å². The fourth-order valence-corrected chi connectivity index (χ4v) is 2.17. The van der Waals surface area contributed by atoms with Crippen LogP contribution in [0, 0.1) is 18.6 Å². The highest BCUT2D eigenvalue weighted by atomic mass is 19.1. The number of carbonyl (C=O) groups is 1. The maximum Gasteiger partial charge on any atom is 0.198 e. The minimum atomic E-state index is -0.820. The fraction of sp³-hybridized carbons (Fsp3) is 0.235. The van der Waals surface area contributed by atoms with Gasteiger partial charge in [0, 0.05) is 5.56 Å². The molecule has 0 aliphatic heterocycles. The van der Waals surface area contributed by atoms with Crippen molar-refractivity contribution in [3.05, 3.63) is 70.3 Å². The highest BCUT2D eigenvalue weighted by Crippen LogP contribution is 2.21. The minimum Gasteiger partial charge on any atom is -0.288 e. The molecule has 0 aliphatic carbocycles. The Morgan fingerprint density at radius 3 is 2.60 bits per heavy atom. The molecule has 0 heterocycles. The summed E-state index contributed by atoms with van der Waals surface area (Å²) in [5, 5.41) is 0. The summed E-state index contributed by atoms with van der Waals surface area (Å²) in [6, 6.07) is 9.39. The Hall–Kier alpha value is -2.03. The average molecular weight is 274 g/mol. The van der Waals surface area contributed by atoms with Crippen molar-refractivity contribution in [1.29, 1.82) is 0 Å². The van der Waals surface area contributed by atoms with Crippen LogP contribution in [0.1, 0.15) is 40.4 Å². The first-order chi connectivity index (χ1) is 9.54. The van der Waals surface area contributed by atoms with Crippen LogP contribution in [-0.4, -0.2) is 5.78 Å². The summed E-state index contributed by atoms with van der Waals surface area (Å²) in [7, 11) is 0. The SMILES string of the molecule is CCCc1cccc(C(=O)c2c(F)ccc(C)c2F)c1. The van der Waals surface area contributed by atoms with Crippen molar-refractivity contribution in [3.63, 3.8) is 0 Å². The van der Waals surface area contributed by atoms with Crippen LogP contribution >= 0.6 is 0 Å². The van der Waals surface area contributed by atoms with Gasteiger partial charge in [0.1, 0.15) is 11.6 Å². The molecular weight excluding hydrogens is 258 g/mol. The summed E-state index contributed by atoms with van der Waals surface area (Å²) in [6.45, 7) is 3.55. The number of hydrogen-bond donors (Lipinski definition) is 0. The van der Waals surface area contributed by atoms with E-state index in [-0.39, 0.29) is 5.56 Å². The van der Waals surface area contributed by atoms with Crippen LogP contribution in [0.3, 0.4) is 0 Å². The molecule has 0 atom stereocenters. The van der Waals surface area contributed by atoms with E-state index >= 15 is 0 Å². The lowest BCUT2D eigenvalue weighted by molar-refractivity contribution is 0.103. The summed E-state index contributed by atoms with van der Waals surface area (Å²) in [5.41, 5.74) is 1.10. The van der Waals surface area contributed by atoms with Gasteiger partial charge < -0.3 is 0 Å². The van der Waals surface area contributed by atoms with Crippen LogP contribution in [-0.2, 0) is 6.42 Å². The summed E-state index contributed by atoms with van der Waals surface area (Å²) < 4.78 is 27.7. The zero-order valence-electron chi connectivity index (χ0n) is 11.5. The second-order valence-electron chi connectivity index (χ2n) is 4.83. The van der Waals surface area contributed by atoms with E-state index in [2.05, 4.69) is 0 Å². The van der Waals surface area contributed by atoms with Gasteiger partial charge in [0.2, 0.25) is 0 Å². The molecule has 0 N–H and O–H groups in total. The van der Waals surface area contributed by atoms with E-state index in [1.807, 2.05) is 13.0 Å². The van der Waals surface area contributed by atoms with Crippen molar-refractivity contribution in [1.82, 2.24) is 0 Å². The Morgan fingerprint density at radius 2 is 1.90 bits per heavy atom. The maximum atomic E-state index is 14.0. The molecule has 0 fully saturated rings. The number of aryl methyl sites for hydroxylation is 2. The molecule has 104 valence electrons. The topological polar surface area (TPSA) is 17.1 Å². The quantitative estimate of drug-likeness (QED) is 0.752. The van der Waals surface area contributed by atoms with E-state index in [0.29, 0.717) is 5.56 Å². The van der Waals surface area contributed by atoms with Crippen molar-refractivity contribution >= 4 is 5.78 Å². The molecule has 0 unspecified atom stereocenters. The van der Waals surface area contributed by atoms with Gasteiger partial charge in [-0.1, -0.05) is 37.6 Å². The molecule has 0 aliphatic rings. The van der Waals surface area contributed by atoms with Gasteiger partial charge >= 0.3 is 0 Å². The molecule has 2 aromatic rings. The van der Waals surface area contributed by atoms with Crippen molar-refractivity contribution in [2.24, 2.45) is 0 Å².